The van der Waals surface area contributed by atoms with Crippen LogP contribution in [0, 0.1) is 13.8 Å². The van der Waals surface area contributed by atoms with Crippen molar-refractivity contribution in [1.82, 2.24) is 19.7 Å². The van der Waals surface area contributed by atoms with E-state index in [0.717, 1.165) is 39.0 Å². The molecule has 0 radical (unpaired) electrons. The lowest BCUT2D eigenvalue weighted by Gasteiger charge is -2.17. The Morgan fingerprint density at radius 3 is 2.13 bits per heavy atom. The second-order valence-electron chi connectivity index (χ2n) is 7.63. The molecular formula is C25H22N4O. The van der Waals surface area contributed by atoms with Crippen molar-refractivity contribution in [3.63, 3.8) is 0 Å². The number of hydrogen-bond donors (Lipinski definition) is 2. The zero-order valence-electron chi connectivity index (χ0n) is 16.9. The van der Waals surface area contributed by atoms with Crippen LogP contribution in [0.25, 0.3) is 17.0 Å². The number of imidazole rings is 1. The van der Waals surface area contributed by atoms with Gasteiger partial charge in [0.2, 0.25) is 5.95 Å². The average Bonchev–Trinajstić information content (AvgIpc) is 3.31. The van der Waals surface area contributed by atoms with E-state index in [-0.39, 0.29) is 11.5 Å². The molecule has 0 aliphatic rings. The molecule has 2 N–H and O–H groups in total. The summed E-state index contributed by atoms with van der Waals surface area (Å²) in [6.07, 6.45) is 0. The van der Waals surface area contributed by atoms with Gasteiger partial charge in [0.25, 0.3) is 5.56 Å². The molecule has 5 nitrogen and oxygen atoms in total. The topological polar surface area (TPSA) is 66.5 Å². The van der Waals surface area contributed by atoms with E-state index in [1.807, 2.05) is 68.4 Å². The van der Waals surface area contributed by atoms with Crippen molar-refractivity contribution in [2.45, 2.75) is 19.8 Å². The van der Waals surface area contributed by atoms with Gasteiger partial charge in [0.05, 0.1) is 16.6 Å². The number of H-pyrrole nitrogens is 2. The minimum atomic E-state index is -0.163. The van der Waals surface area contributed by atoms with Crippen molar-refractivity contribution in [2.24, 2.45) is 0 Å². The minimum absolute atomic E-state index is 0.0963. The quantitative estimate of drug-likeness (QED) is 0.458. The fourth-order valence-corrected chi connectivity index (χ4v) is 4.08. The molecule has 0 bridgehead atoms. The second kappa shape index (κ2) is 7.19. The van der Waals surface area contributed by atoms with E-state index in [4.69, 9.17) is 0 Å². The molecule has 148 valence electrons. The molecule has 0 spiro atoms. The van der Waals surface area contributed by atoms with Gasteiger partial charge in [-0.15, -0.1) is 0 Å². The Bertz CT molecular complexity index is 1340. The zero-order valence-corrected chi connectivity index (χ0v) is 16.9. The van der Waals surface area contributed by atoms with Crippen LogP contribution < -0.4 is 5.56 Å². The van der Waals surface area contributed by atoms with Crippen molar-refractivity contribution in [2.75, 3.05) is 0 Å². The fraction of sp³-hybridized carbons (Fsp3) is 0.120. The highest BCUT2D eigenvalue weighted by Crippen LogP contribution is 2.31. The largest absolute Gasteiger partial charge is 0.322 e. The van der Waals surface area contributed by atoms with Crippen molar-refractivity contribution < 1.29 is 0 Å². The van der Waals surface area contributed by atoms with Gasteiger partial charge in [0.1, 0.15) is 0 Å². The number of aromatic amines is 2. The molecule has 0 aliphatic carbocycles. The van der Waals surface area contributed by atoms with Crippen LogP contribution in [0.3, 0.4) is 0 Å². The summed E-state index contributed by atoms with van der Waals surface area (Å²) in [4.78, 5) is 21.5. The number of fused-ring (bicyclic) bond motifs is 1. The van der Waals surface area contributed by atoms with E-state index in [1.54, 1.807) is 0 Å². The number of benzene rings is 3. The maximum absolute atomic E-state index is 13.6. The number of nitrogens with one attached hydrogen (secondary N) is 2. The van der Waals surface area contributed by atoms with Gasteiger partial charge >= 0.3 is 0 Å². The first-order valence-electron chi connectivity index (χ1n) is 10.00. The summed E-state index contributed by atoms with van der Waals surface area (Å²) < 4.78 is 1.51. The fourth-order valence-electron chi connectivity index (χ4n) is 4.08. The van der Waals surface area contributed by atoms with Crippen LogP contribution >= 0.6 is 0 Å². The van der Waals surface area contributed by atoms with Gasteiger partial charge in [0.15, 0.2) is 0 Å². The smallest absolute Gasteiger partial charge is 0.278 e. The predicted octanol–water partition coefficient (Wildman–Crippen LogP) is 4.84. The number of aromatic nitrogens is 4. The number of rotatable bonds is 4. The third-order valence-corrected chi connectivity index (χ3v) is 5.51. The van der Waals surface area contributed by atoms with Crippen LogP contribution in [-0.4, -0.2) is 19.7 Å². The molecule has 3 aromatic carbocycles. The van der Waals surface area contributed by atoms with E-state index in [0.29, 0.717) is 5.95 Å². The standard InChI is InChI=1S/C25H22N4O/c1-16-13-14-20-21(15-16)27-25(26-20)29-24(30)22(17(2)28-29)23(18-9-5-3-6-10-18)19-11-7-4-8-12-19/h3-15,23,28H,1-2H3,(H,26,27). The Labute approximate surface area is 174 Å². The zero-order chi connectivity index (χ0) is 20.7. The molecule has 5 aromatic rings. The van der Waals surface area contributed by atoms with Crippen LogP contribution in [0.4, 0.5) is 0 Å². The molecule has 30 heavy (non-hydrogen) atoms. The van der Waals surface area contributed by atoms with Crippen LogP contribution in [0.2, 0.25) is 0 Å². The van der Waals surface area contributed by atoms with Gasteiger partial charge in [-0.1, -0.05) is 66.7 Å². The van der Waals surface area contributed by atoms with Crippen LogP contribution in [-0.2, 0) is 0 Å². The third kappa shape index (κ3) is 3.05. The third-order valence-electron chi connectivity index (χ3n) is 5.51. The van der Waals surface area contributed by atoms with E-state index in [2.05, 4.69) is 39.3 Å². The van der Waals surface area contributed by atoms with Crippen molar-refractivity contribution in [3.05, 3.63) is 117 Å². The van der Waals surface area contributed by atoms with Crippen molar-refractivity contribution in [1.29, 1.82) is 0 Å². The molecule has 2 aromatic heterocycles. The summed E-state index contributed by atoms with van der Waals surface area (Å²) in [5.74, 6) is 0.332. The SMILES string of the molecule is Cc1ccc2nc(-n3[nH]c(C)c(C(c4ccccc4)c4ccccc4)c3=O)[nH]c2c1. The molecule has 5 heteroatoms. The summed E-state index contributed by atoms with van der Waals surface area (Å²) in [7, 11) is 0. The molecule has 0 saturated heterocycles. The Balaban J connectivity index is 1.70. The molecule has 0 fully saturated rings. The van der Waals surface area contributed by atoms with E-state index in [1.165, 1.54) is 4.68 Å². The summed E-state index contributed by atoms with van der Waals surface area (Å²) in [6, 6.07) is 26.3. The van der Waals surface area contributed by atoms with Gasteiger partial charge in [-0.3, -0.25) is 9.89 Å². The minimum Gasteiger partial charge on any atom is -0.322 e. The summed E-state index contributed by atoms with van der Waals surface area (Å²) in [5, 5.41) is 3.24. The monoisotopic (exact) mass is 394 g/mol. The molecular weight excluding hydrogens is 372 g/mol. The van der Waals surface area contributed by atoms with E-state index < -0.39 is 0 Å². The number of aryl methyl sites for hydroxylation is 2. The normalized spacial score (nSPS) is 11.4. The van der Waals surface area contributed by atoms with Gasteiger partial charge in [-0.25, -0.2) is 4.98 Å². The first-order chi connectivity index (χ1) is 14.6. The number of nitrogens with zero attached hydrogens (tertiary/aromatic N) is 2. The van der Waals surface area contributed by atoms with E-state index in [9.17, 15) is 4.79 Å². The average molecular weight is 394 g/mol. The van der Waals surface area contributed by atoms with Gasteiger partial charge in [-0.05, 0) is 42.7 Å². The first-order valence-corrected chi connectivity index (χ1v) is 10.00. The van der Waals surface area contributed by atoms with Crippen LogP contribution in [0.5, 0.6) is 0 Å². The Hall–Kier alpha value is -3.86. The van der Waals surface area contributed by atoms with Gasteiger partial charge in [-0.2, -0.15) is 4.68 Å². The molecule has 0 unspecified atom stereocenters. The first kappa shape index (κ1) is 18.2. The highest BCUT2D eigenvalue weighted by atomic mass is 16.1. The maximum atomic E-state index is 13.6. The second-order valence-corrected chi connectivity index (χ2v) is 7.63. The van der Waals surface area contributed by atoms with Gasteiger partial charge < -0.3 is 4.98 Å². The Morgan fingerprint density at radius 1 is 0.867 bits per heavy atom. The van der Waals surface area contributed by atoms with Crippen molar-refractivity contribution in [3.8, 4) is 5.95 Å². The van der Waals surface area contributed by atoms with Crippen LogP contribution in [0.15, 0.2) is 83.7 Å². The highest BCUT2D eigenvalue weighted by molar-refractivity contribution is 5.77. The molecule has 5 rings (SSSR count). The summed E-state index contributed by atoms with van der Waals surface area (Å²) in [6.45, 7) is 3.98. The number of hydrogen-bond acceptors (Lipinski definition) is 2. The lowest BCUT2D eigenvalue weighted by atomic mass is 9.85. The van der Waals surface area contributed by atoms with Gasteiger partial charge in [0, 0.05) is 11.6 Å². The molecule has 0 atom stereocenters. The highest BCUT2D eigenvalue weighted by Gasteiger charge is 2.25. The summed E-state index contributed by atoms with van der Waals surface area (Å²) >= 11 is 0. The Kier molecular flexibility index (Phi) is 4.36. The van der Waals surface area contributed by atoms with Crippen molar-refractivity contribution >= 4 is 11.0 Å². The van der Waals surface area contributed by atoms with E-state index >= 15 is 0 Å². The molecule has 0 aliphatic heterocycles. The predicted molar refractivity (Wildman–Crippen MR) is 119 cm³/mol. The molecule has 2 heterocycles. The van der Waals surface area contributed by atoms with Crippen LogP contribution in [0.1, 0.15) is 33.9 Å². The maximum Gasteiger partial charge on any atom is 0.278 e. The lowest BCUT2D eigenvalue weighted by molar-refractivity contribution is 0.789. The molecule has 0 amide bonds. The lowest BCUT2D eigenvalue weighted by Crippen LogP contribution is -2.21. The summed E-state index contributed by atoms with van der Waals surface area (Å²) in [5.41, 5.74) is 6.50. The Morgan fingerprint density at radius 2 is 1.50 bits per heavy atom. The molecule has 0 saturated carbocycles.